The highest BCUT2D eigenvalue weighted by Gasteiger charge is 2.33. The summed E-state index contributed by atoms with van der Waals surface area (Å²) < 4.78 is 4.65. The molecule has 1 aliphatic heterocycles. The Morgan fingerprint density at radius 1 is 1.62 bits per heavy atom. The average molecular weight is 242 g/mol. The monoisotopic (exact) mass is 242 g/mol. The fraction of sp³-hybridized carbons (Fsp3) is 0.333. The molecule has 6 nitrogen and oxygen atoms in total. The molecule has 3 N–H and O–H groups in total. The first-order valence-electron chi connectivity index (χ1n) is 4.50. The van der Waals surface area contributed by atoms with E-state index >= 15 is 0 Å². The smallest absolute Gasteiger partial charge is 0.343 e. The van der Waals surface area contributed by atoms with Crippen LogP contribution in [0.2, 0.25) is 0 Å². The molecule has 16 heavy (non-hydrogen) atoms. The Balaban J connectivity index is 3.02. The van der Waals surface area contributed by atoms with Gasteiger partial charge in [-0.15, -0.1) is 0 Å². The number of carbonyl (C=O) groups is 3. The van der Waals surface area contributed by atoms with E-state index in [1.54, 1.807) is 6.92 Å². The van der Waals surface area contributed by atoms with E-state index in [9.17, 15) is 14.4 Å². The number of hydrogen-bond acceptors (Lipinski definition) is 5. The standard InChI is InChI=1S/C9H10N2O4S/c1-2-15-9(14)5-3-4(6(10)16)7(12)11-8(5)13/h3-4H,2H2,1H3,(H2,10,16)(H,11,12,13). The molecule has 0 aromatic heterocycles. The van der Waals surface area contributed by atoms with Crippen LogP contribution in [0, 0.1) is 5.92 Å². The first-order valence-corrected chi connectivity index (χ1v) is 4.91. The zero-order valence-corrected chi connectivity index (χ0v) is 9.30. The van der Waals surface area contributed by atoms with Crippen molar-refractivity contribution < 1.29 is 19.1 Å². The highest BCUT2D eigenvalue weighted by molar-refractivity contribution is 7.80. The molecule has 0 bridgehead atoms. The zero-order valence-electron chi connectivity index (χ0n) is 8.48. The van der Waals surface area contributed by atoms with E-state index in [4.69, 9.17) is 5.73 Å². The van der Waals surface area contributed by atoms with Crippen LogP contribution in [-0.4, -0.2) is 29.4 Å². The van der Waals surface area contributed by atoms with Gasteiger partial charge in [0, 0.05) is 0 Å². The van der Waals surface area contributed by atoms with Gasteiger partial charge in [-0.1, -0.05) is 12.2 Å². The molecule has 7 heteroatoms. The summed E-state index contributed by atoms with van der Waals surface area (Å²) in [6, 6.07) is 0. The molecular formula is C9H10N2O4S. The lowest BCUT2D eigenvalue weighted by molar-refractivity contribution is -0.141. The molecule has 0 aromatic rings. The van der Waals surface area contributed by atoms with Gasteiger partial charge in [-0.05, 0) is 13.0 Å². The molecule has 2 amide bonds. The molecule has 0 spiro atoms. The second-order valence-corrected chi connectivity index (χ2v) is 3.47. The molecule has 1 aliphatic rings. The summed E-state index contributed by atoms with van der Waals surface area (Å²) >= 11 is 4.64. The topological polar surface area (TPSA) is 98.5 Å². The number of ether oxygens (including phenoxy) is 1. The normalized spacial score (nSPS) is 19.8. The van der Waals surface area contributed by atoms with Crippen LogP contribution in [0.1, 0.15) is 6.92 Å². The van der Waals surface area contributed by atoms with E-state index in [1.807, 2.05) is 5.32 Å². The number of rotatable bonds is 3. The Morgan fingerprint density at radius 3 is 2.75 bits per heavy atom. The van der Waals surface area contributed by atoms with Crippen molar-refractivity contribution in [2.24, 2.45) is 11.7 Å². The highest BCUT2D eigenvalue weighted by atomic mass is 32.1. The Labute approximate surface area is 96.8 Å². The molecule has 1 heterocycles. The van der Waals surface area contributed by atoms with E-state index in [-0.39, 0.29) is 17.2 Å². The first-order chi connectivity index (χ1) is 7.47. The van der Waals surface area contributed by atoms with Gasteiger partial charge in [0.2, 0.25) is 5.91 Å². The molecule has 0 aromatic carbocycles. The Morgan fingerprint density at radius 2 is 2.25 bits per heavy atom. The van der Waals surface area contributed by atoms with Gasteiger partial charge in [0.15, 0.2) is 0 Å². The Bertz CT molecular complexity index is 402. The molecule has 0 saturated heterocycles. The molecule has 0 saturated carbocycles. The van der Waals surface area contributed by atoms with Gasteiger partial charge in [0.1, 0.15) is 11.5 Å². The van der Waals surface area contributed by atoms with Gasteiger partial charge >= 0.3 is 5.97 Å². The van der Waals surface area contributed by atoms with Crippen molar-refractivity contribution >= 4 is 35.0 Å². The number of esters is 1. The number of nitrogens with one attached hydrogen (secondary N) is 1. The lowest BCUT2D eigenvalue weighted by Gasteiger charge is -2.18. The molecule has 1 unspecified atom stereocenters. The van der Waals surface area contributed by atoms with Crippen molar-refractivity contribution in [1.82, 2.24) is 5.32 Å². The lowest BCUT2D eigenvalue weighted by atomic mass is 10.00. The Kier molecular flexibility index (Phi) is 3.73. The maximum absolute atomic E-state index is 11.3. The van der Waals surface area contributed by atoms with Crippen LogP contribution in [0.15, 0.2) is 11.6 Å². The zero-order chi connectivity index (χ0) is 12.3. The lowest BCUT2D eigenvalue weighted by Crippen LogP contribution is -2.46. The van der Waals surface area contributed by atoms with E-state index in [0.29, 0.717) is 0 Å². The SMILES string of the molecule is CCOC(=O)C1=CC(C(N)=S)C(=O)NC1=O. The van der Waals surface area contributed by atoms with Crippen molar-refractivity contribution in [1.29, 1.82) is 0 Å². The van der Waals surface area contributed by atoms with Crippen molar-refractivity contribution in [3.05, 3.63) is 11.6 Å². The summed E-state index contributed by atoms with van der Waals surface area (Å²) in [5.41, 5.74) is 5.05. The van der Waals surface area contributed by atoms with Crippen LogP contribution in [0.5, 0.6) is 0 Å². The highest BCUT2D eigenvalue weighted by Crippen LogP contribution is 2.12. The molecule has 1 atom stereocenters. The third kappa shape index (κ3) is 2.43. The summed E-state index contributed by atoms with van der Waals surface area (Å²) in [7, 11) is 0. The minimum absolute atomic E-state index is 0.105. The van der Waals surface area contributed by atoms with Crippen molar-refractivity contribution in [3.63, 3.8) is 0 Å². The van der Waals surface area contributed by atoms with Crippen molar-refractivity contribution in [2.75, 3.05) is 6.61 Å². The summed E-state index contributed by atoms with van der Waals surface area (Å²) in [5.74, 6) is -3.18. The van der Waals surface area contributed by atoms with Crippen LogP contribution >= 0.6 is 12.2 Å². The minimum Gasteiger partial charge on any atom is -0.462 e. The maximum atomic E-state index is 11.3. The fourth-order valence-corrected chi connectivity index (χ4v) is 1.33. The number of imide groups is 1. The third-order valence-corrected chi connectivity index (χ3v) is 2.15. The summed E-state index contributed by atoms with van der Waals surface area (Å²) in [5, 5.41) is 1.99. The largest absolute Gasteiger partial charge is 0.462 e. The second kappa shape index (κ2) is 4.84. The fourth-order valence-electron chi connectivity index (χ4n) is 1.16. The van der Waals surface area contributed by atoms with Crippen LogP contribution in [-0.2, 0) is 19.1 Å². The molecule has 0 fully saturated rings. The first kappa shape index (κ1) is 12.3. The number of carbonyl (C=O) groups excluding carboxylic acids is 3. The van der Waals surface area contributed by atoms with Crippen molar-refractivity contribution in [2.45, 2.75) is 6.92 Å². The van der Waals surface area contributed by atoms with Crippen LogP contribution in [0.3, 0.4) is 0 Å². The number of nitrogens with two attached hydrogens (primary N) is 1. The molecule has 0 radical (unpaired) electrons. The minimum atomic E-state index is -0.952. The molecule has 1 rings (SSSR count). The number of amides is 2. The van der Waals surface area contributed by atoms with Crippen LogP contribution in [0.25, 0.3) is 0 Å². The van der Waals surface area contributed by atoms with Gasteiger partial charge in [-0.3, -0.25) is 14.9 Å². The predicted octanol–water partition coefficient (Wildman–Crippen LogP) is -0.965. The summed E-state index contributed by atoms with van der Waals surface area (Å²) in [6.07, 6.45) is 1.13. The number of hydrogen-bond donors (Lipinski definition) is 2. The van der Waals surface area contributed by atoms with Gasteiger partial charge < -0.3 is 10.5 Å². The van der Waals surface area contributed by atoms with E-state index < -0.39 is 23.7 Å². The van der Waals surface area contributed by atoms with Crippen LogP contribution in [0.4, 0.5) is 0 Å². The van der Waals surface area contributed by atoms with E-state index in [1.165, 1.54) is 0 Å². The summed E-state index contributed by atoms with van der Waals surface area (Å²) in [6.45, 7) is 1.74. The second-order valence-electron chi connectivity index (χ2n) is 3.00. The molecule has 0 aliphatic carbocycles. The van der Waals surface area contributed by atoms with E-state index in [0.717, 1.165) is 6.08 Å². The third-order valence-electron chi connectivity index (χ3n) is 1.90. The maximum Gasteiger partial charge on any atom is 0.343 e. The van der Waals surface area contributed by atoms with Gasteiger partial charge in [0.05, 0.1) is 11.6 Å². The van der Waals surface area contributed by atoms with Crippen LogP contribution < -0.4 is 11.1 Å². The molecular weight excluding hydrogens is 232 g/mol. The molecule has 86 valence electrons. The van der Waals surface area contributed by atoms with E-state index in [2.05, 4.69) is 17.0 Å². The summed E-state index contributed by atoms with van der Waals surface area (Å²) in [4.78, 5) is 33.8. The Hall–Kier alpha value is -1.76. The van der Waals surface area contributed by atoms with Gasteiger partial charge in [-0.2, -0.15) is 0 Å². The van der Waals surface area contributed by atoms with Gasteiger partial charge in [-0.25, -0.2) is 4.79 Å². The quantitative estimate of drug-likeness (QED) is 0.286. The van der Waals surface area contributed by atoms with Crippen molar-refractivity contribution in [3.8, 4) is 0 Å². The average Bonchev–Trinajstić information content (AvgIpc) is 2.17. The predicted molar refractivity (Wildman–Crippen MR) is 58.1 cm³/mol. The number of thiocarbonyl (C=S) groups is 1. The van der Waals surface area contributed by atoms with Gasteiger partial charge in [0.25, 0.3) is 5.91 Å².